The molecule has 3 N–H and O–H groups in total. The van der Waals surface area contributed by atoms with Crippen molar-refractivity contribution in [3.63, 3.8) is 0 Å². The number of hydrazine groups is 1. The number of amides is 2. The number of halogens is 1. The fourth-order valence-electron chi connectivity index (χ4n) is 2.28. The highest BCUT2D eigenvalue weighted by atomic mass is 19.1. The smallest absolute Gasteiger partial charge is 0.268 e. The monoisotopic (exact) mass is 352 g/mol. The zero-order valence-corrected chi connectivity index (χ0v) is 13.3. The second kappa shape index (κ2) is 7.39. The second-order valence-electron chi connectivity index (χ2n) is 5.25. The van der Waals surface area contributed by atoms with Crippen LogP contribution in [-0.4, -0.2) is 22.0 Å². The average molecular weight is 352 g/mol. The van der Waals surface area contributed by atoms with Crippen LogP contribution in [0.3, 0.4) is 0 Å². The van der Waals surface area contributed by atoms with E-state index in [1.807, 2.05) is 0 Å². The SMILES string of the molecule is O=C(/C=C/c1ccccc1F)NNC(=O)c1n[nH]c(=O)c2ccccc12. The van der Waals surface area contributed by atoms with Crippen molar-refractivity contribution >= 4 is 28.7 Å². The maximum absolute atomic E-state index is 13.5. The fourth-order valence-corrected chi connectivity index (χ4v) is 2.28. The van der Waals surface area contributed by atoms with Gasteiger partial charge in [-0.05, 0) is 18.2 Å². The van der Waals surface area contributed by atoms with Crippen molar-refractivity contribution in [1.82, 2.24) is 21.0 Å². The molecule has 0 aliphatic carbocycles. The van der Waals surface area contributed by atoms with Gasteiger partial charge in [0.05, 0.1) is 5.39 Å². The van der Waals surface area contributed by atoms with Crippen molar-refractivity contribution in [3.8, 4) is 0 Å². The average Bonchev–Trinajstić information content (AvgIpc) is 2.66. The number of rotatable bonds is 3. The Balaban J connectivity index is 1.70. The Kier molecular flexibility index (Phi) is 4.84. The van der Waals surface area contributed by atoms with Crippen molar-refractivity contribution in [1.29, 1.82) is 0 Å². The minimum Gasteiger partial charge on any atom is -0.268 e. The molecule has 2 amide bonds. The lowest BCUT2D eigenvalue weighted by molar-refractivity contribution is -0.117. The highest BCUT2D eigenvalue weighted by molar-refractivity contribution is 6.05. The number of nitrogens with zero attached hydrogens (tertiary/aromatic N) is 1. The van der Waals surface area contributed by atoms with E-state index in [-0.39, 0.29) is 11.3 Å². The summed E-state index contributed by atoms with van der Waals surface area (Å²) in [6, 6.07) is 12.4. The quantitative estimate of drug-likeness (QED) is 0.491. The van der Waals surface area contributed by atoms with E-state index in [0.717, 1.165) is 6.08 Å². The molecule has 26 heavy (non-hydrogen) atoms. The first-order valence-electron chi connectivity index (χ1n) is 7.56. The van der Waals surface area contributed by atoms with E-state index in [0.29, 0.717) is 10.8 Å². The van der Waals surface area contributed by atoms with Crippen LogP contribution in [0.1, 0.15) is 16.1 Å². The zero-order valence-electron chi connectivity index (χ0n) is 13.3. The molecule has 0 fully saturated rings. The molecule has 0 bridgehead atoms. The first-order valence-corrected chi connectivity index (χ1v) is 7.56. The van der Waals surface area contributed by atoms with E-state index in [1.165, 1.54) is 24.3 Å². The van der Waals surface area contributed by atoms with Crippen LogP contribution in [0.4, 0.5) is 4.39 Å². The van der Waals surface area contributed by atoms with Gasteiger partial charge in [0.25, 0.3) is 17.4 Å². The lowest BCUT2D eigenvalue weighted by Crippen LogP contribution is -2.41. The Morgan fingerprint density at radius 2 is 1.69 bits per heavy atom. The van der Waals surface area contributed by atoms with Crippen LogP contribution in [0.2, 0.25) is 0 Å². The van der Waals surface area contributed by atoms with Gasteiger partial charge in [0.1, 0.15) is 5.82 Å². The van der Waals surface area contributed by atoms with E-state index in [9.17, 15) is 18.8 Å². The molecule has 1 heterocycles. The van der Waals surface area contributed by atoms with Gasteiger partial charge in [0, 0.05) is 17.0 Å². The molecular weight excluding hydrogens is 339 g/mol. The summed E-state index contributed by atoms with van der Waals surface area (Å²) in [5, 5.41) is 6.61. The molecule has 2 aromatic carbocycles. The molecule has 0 atom stereocenters. The Morgan fingerprint density at radius 3 is 2.46 bits per heavy atom. The molecule has 0 saturated carbocycles. The van der Waals surface area contributed by atoms with Gasteiger partial charge in [-0.3, -0.25) is 25.2 Å². The van der Waals surface area contributed by atoms with Crippen molar-refractivity contribution < 1.29 is 14.0 Å². The number of hydrogen-bond acceptors (Lipinski definition) is 4. The summed E-state index contributed by atoms with van der Waals surface area (Å²) in [5.41, 5.74) is 4.14. The van der Waals surface area contributed by atoms with Gasteiger partial charge in [-0.2, -0.15) is 5.10 Å². The molecule has 0 radical (unpaired) electrons. The molecule has 3 aromatic rings. The predicted octanol–water partition coefficient (Wildman–Crippen LogP) is 1.54. The summed E-state index contributed by atoms with van der Waals surface area (Å²) < 4.78 is 13.5. The van der Waals surface area contributed by atoms with E-state index in [1.54, 1.807) is 30.3 Å². The van der Waals surface area contributed by atoms with Gasteiger partial charge in [-0.15, -0.1) is 0 Å². The van der Waals surface area contributed by atoms with Crippen molar-refractivity contribution in [2.45, 2.75) is 0 Å². The number of aromatic amines is 1. The number of aromatic nitrogens is 2. The normalized spacial score (nSPS) is 10.8. The molecule has 3 rings (SSSR count). The van der Waals surface area contributed by atoms with Crippen LogP contribution in [0.5, 0.6) is 0 Å². The van der Waals surface area contributed by atoms with Crippen LogP contribution in [0, 0.1) is 5.82 Å². The predicted molar refractivity (Wildman–Crippen MR) is 93.4 cm³/mol. The van der Waals surface area contributed by atoms with E-state index >= 15 is 0 Å². The Labute approximate surface area is 146 Å². The molecule has 7 nitrogen and oxygen atoms in total. The van der Waals surface area contributed by atoms with E-state index < -0.39 is 23.2 Å². The second-order valence-corrected chi connectivity index (χ2v) is 5.25. The summed E-state index contributed by atoms with van der Waals surface area (Å²) in [7, 11) is 0. The highest BCUT2D eigenvalue weighted by Crippen LogP contribution is 2.12. The van der Waals surface area contributed by atoms with Gasteiger partial charge >= 0.3 is 0 Å². The van der Waals surface area contributed by atoms with E-state index in [2.05, 4.69) is 21.0 Å². The van der Waals surface area contributed by atoms with Crippen LogP contribution < -0.4 is 16.4 Å². The van der Waals surface area contributed by atoms with Crippen LogP contribution >= 0.6 is 0 Å². The molecule has 1 aromatic heterocycles. The lowest BCUT2D eigenvalue weighted by atomic mass is 10.1. The Hall–Kier alpha value is -3.81. The maximum Gasteiger partial charge on any atom is 0.290 e. The molecule has 0 unspecified atom stereocenters. The number of fused-ring (bicyclic) bond motifs is 1. The standard InChI is InChI=1S/C18H13FN4O3/c19-14-8-4-1-5-11(14)9-10-15(24)20-23-18(26)16-12-6-2-3-7-13(12)17(25)22-21-16/h1-10H,(H,20,24)(H,22,25)(H,23,26)/b10-9+. The molecule has 0 aliphatic heterocycles. The lowest BCUT2D eigenvalue weighted by Gasteiger charge is -2.06. The molecule has 130 valence electrons. The van der Waals surface area contributed by atoms with Gasteiger partial charge in [-0.25, -0.2) is 9.49 Å². The molecule has 0 aliphatic rings. The van der Waals surface area contributed by atoms with Crippen molar-refractivity contribution in [3.05, 3.63) is 82.0 Å². The van der Waals surface area contributed by atoms with E-state index in [4.69, 9.17) is 0 Å². The summed E-state index contributed by atoms with van der Waals surface area (Å²) >= 11 is 0. The number of nitrogens with one attached hydrogen (secondary N) is 3. The van der Waals surface area contributed by atoms with Gasteiger partial charge in [-0.1, -0.05) is 36.4 Å². The van der Waals surface area contributed by atoms with Crippen LogP contribution in [0.25, 0.3) is 16.8 Å². The van der Waals surface area contributed by atoms with Gasteiger partial charge < -0.3 is 0 Å². The number of hydrogen-bond donors (Lipinski definition) is 3. The number of carbonyl (C=O) groups is 2. The number of benzene rings is 2. The third kappa shape index (κ3) is 3.64. The first-order chi connectivity index (χ1) is 12.6. The minimum atomic E-state index is -0.704. The summed E-state index contributed by atoms with van der Waals surface area (Å²) in [4.78, 5) is 35.7. The topological polar surface area (TPSA) is 104 Å². The fraction of sp³-hybridized carbons (Fsp3) is 0. The molecule has 0 spiro atoms. The number of H-pyrrole nitrogens is 1. The van der Waals surface area contributed by atoms with Crippen LogP contribution in [0.15, 0.2) is 59.4 Å². The third-order valence-electron chi connectivity index (χ3n) is 3.53. The Bertz CT molecular complexity index is 1080. The summed E-state index contributed by atoms with van der Waals surface area (Å²) in [5.74, 6) is -1.83. The molecular formula is C18H13FN4O3. The van der Waals surface area contributed by atoms with Gasteiger partial charge in [0.2, 0.25) is 0 Å². The number of carbonyl (C=O) groups excluding carboxylic acids is 2. The Morgan fingerprint density at radius 1 is 1.00 bits per heavy atom. The molecule has 8 heteroatoms. The maximum atomic E-state index is 13.5. The zero-order chi connectivity index (χ0) is 18.5. The largest absolute Gasteiger partial charge is 0.290 e. The summed E-state index contributed by atoms with van der Waals surface area (Å²) in [6.07, 6.45) is 2.36. The first kappa shape index (κ1) is 17.0. The highest BCUT2D eigenvalue weighted by Gasteiger charge is 2.14. The van der Waals surface area contributed by atoms with Crippen LogP contribution in [-0.2, 0) is 4.79 Å². The molecule has 0 saturated heterocycles. The van der Waals surface area contributed by atoms with Gasteiger partial charge in [0.15, 0.2) is 5.69 Å². The van der Waals surface area contributed by atoms with Crippen molar-refractivity contribution in [2.75, 3.05) is 0 Å². The minimum absolute atomic E-state index is 0.0430. The third-order valence-corrected chi connectivity index (χ3v) is 3.53. The summed E-state index contributed by atoms with van der Waals surface area (Å²) in [6.45, 7) is 0. The van der Waals surface area contributed by atoms with Crippen molar-refractivity contribution in [2.24, 2.45) is 0 Å².